The van der Waals surface area contributed by atoms with Crippen molar-refractivity contribution in [3.63, 3.8) is 0 Å². The zero-order chi connectivity index (χ0) is 32.5. The van der Waals surface area contributed by atoms with Crippen LogP contribution < -0.4 is 5.32 Å². The highest BCUT2D eigenvalue weighted by Gasteiger charge is 2.28. The van der Waals surface area contributed by atoms with Crippen molar-refractivity contribution in [1.82, 2.24) is 35.3 Å². The maximum Gasteiger partial charge on any atom is 0.408 e. The molecule has 0 bridgehead atoms. The number of aromatic nitrogens is 6. The number of nitrogens with zero attached hydrogens (tertiary/aromatic N) is 6. The van der Waals surface area contributed by atoms with Gasteiger partial charge in [-0.1, -0.05) is 101 Å². The quantitative estimate of drug-likeness (QED) is 0.182. The fourth-order valence-electron chi connectivity index (χ4n) is 5.16. The first-order valence-electron chi connectivity index (χ1n) is 15.2. The van der Waals surface area contributed by atoms with Crippen LogP contribution in [0.15, 0.2) is 103 Å². The third kappa shape index (κ3) is 8.65. The monoisotopic (exact) mass is 621 g/mol. The number of carbonyl (C=O) groups excluding carboxylic acids is 2. The van der Waals surface area contributed by atoms with E-state index in [2.05, 4.69) is 25.9 Å². The fraction of sp³-hybridized carbons (Fsp3) is 0.314. The molecule has 2 aromatic heterocycles. The normalized spacial score (nSPS) is 13.4. The molecule has 3 aromatic carbocycles. The summed E-state index contributed by atoms with van der Waals surface area (Å²) in [6, 6.07) is 27.9. The van der Waals surface area contributed by atoms with Gasteiger partial charge in [-0.3, -0.25) is 0 Å². The molecule has 5 rings (SSSR count). The first-order chi connectivity index (χ1) is 22.2. The van der Waals surface area contributed by atoms with Crippen molar-refractivity contribution in [3.05, 3.63) is 131 Å². The highest BCUT2D eigenvalue weighted by Crippen LogP contribution is 2.25. The molecule has 0 fully saturated rings. The molecule has 0 aliphatic carbocycles. The Morgan fingerprint density at radius 2 is 1.22 bits per heavy atom. The van der Waals surface area contributed by atoms with Crippen LogP contribution in [0.1, 0.15) is 67.0 Å². The van der Waals surface area contributed by atoms with E-state index in [0.29, 0.717) is 30.7 Å². The third-order valence-corrected chi connectivity index (χ3v) is 7.38. The zero-order valence-corrected chi connectivity index (χ0v) is 26.5. The molecule has 2 heterocycles. The number of nitrogens with one attached hydrogen (secondary N) is 1. The molecule has 0 unspecified atom stereocenters. The average molecular weight is 622 g/mol. The first-order valence-corrected chi connectivity index (χ1v) is 15.2. The standard InChI is InChI=1S/C35H39N7O4/c1-35(2,3)46-34(44)36-28(20-25-14-8-5-9-15-25)29-23-41(39-37-29)31(21-26-16-10-6-11-17-26)30-24-42(40-38-30)32(33(43)45-4)22-27-18-12-7-13-19-27/h5-19,23-24,28,31-32H,20-22H2,1-4H3,(H,36,44)/t28-,31-,32-/m0/s1. The number of rotatable bonds is 12. The van der Waals surface area contributed by atoms with Gasteiger partial charge in [0.15, 0.2) is 6.04 Å². The zero-order valence-electron chi connectivity index (χ0n) is 26.5. The van der Waals surface area contributed by atoms with E-state index in [-0.39, 0.29) is 0 Å². The number of methoxy groups -OCH3 is 1. The third-order valence-electron chi connectivity index (χ3n) is 7.38. The molecule has 238 valence electrons. The second-order valence-corrected chi connectivity index (χ2v) is 12.1. The van der Waals surface area contributed by atoms with E-state index in [9.17, 15) is 9.59 Å². The Morgan fingerprint density at radius 3 is 1.78 bits per heavy atom. The minimum atomic E-state index is -0.703. The van der Waals surface area contributed by atoms with Crippen LogP contribution in [-0.2, 0) is 33.5 Å². The van der Waals surface area contributed by atoms with Crippen LogP contribution in [0, 0.1) is 0 Å². The van der Waals surface area contributed by atoms with E-state index in [0.717, 1.165) is 16.7 Å². The van der Waals surface area contributed by atoms with E-state index >= 15 is 0 Å². The van der Waals surface area contributed by atoms with E-state index in [1.54, 1.807) is 15.6 Å². The molecule has 11 nitrogen and oxygen atoms in total. The number of amides is 1. The van der Waals surface area contributed by atoms with Crippen molar-refractivity contribution >= 4 is 12.1 Å². The van der Waals surface area contributed by atoms with Crippen LogP contribution >= 0.6 is 0 Å². The summed E-state index contributed by atoms with van der Waals surface area (Å²) >= 11 is 0. The second-order valence-electron chi connectivity index (χ2n) is 12.1. The lowest BCUT2D eigenvalue weighted by Crippen LogP contribution is -2.36. The lowest BCUT2D eigenvalue weighted by molar-refractivity contribution is -0.144. The molecule has 46 heavy (non-hydrogen) atoms. The molecule has 11 heteroatoms. The Morgan fingerprint density at radius 1 is 0.717 bits per heavy atom. The van der Waals surface area contributed by atoms with Crippen LogP contribution in [0.2, 0.25) is 0 Å². The topological polar surface area (TPSA) is 126 Å². The predicted molar refractivity (Wildman–Crippen MR) is 172 cm³/mol. The summed E-state index contributed by atoms with van der Waals surface area (Å²) in [5.41, 5.74) is 3.56. The van der Waals surface area contributed by atoms with Gasteiger partial charge < -0.3 is 14.8 Å². The molecule has 0 saturated carbocycles. The van der Waals surface area contributed by atoms with Crippen molar-refractivity contribution in [2.75, 3.05) is 7.11 Å². The van der Waals surface area contributed by atoms with Crippen molar-refractivity contribution in [2.24, 2.45) is 0 Å². The molecule has 3 atom stereocenters. The second kappa shape index (κ2) is 14.6. The summed E-state index contributed by atoms with van der Waals surface area (Å²) in [5, 5.41) is 20.9. The average Bonchev–Trinajstić information content (AvgIpc) is 3.73. The first kappa shape index (κ1) is 32.1. The minimum Gasteiger partial charge on any atom is -0.467 e. The number of alkyl carbamates (subject to hydrolysis) is 1. The van der Waals surface area contributed by atoms with Gasteiger partial charge in [0.25, 0.3) is 0 Å². The van der Waals surface area contributed by atoms with Crippen LogP contribution in [0.4, 0.5) is 4.79 Å². The van der Waals surface area contributed by atoms with Gasteiger partial charge in [0, 0.05) is 12.8 Å². The summed E-state index contributed by atoms with van der Waals surface area (Å²) in [5.74, 6) is -0.417. The highest BCUT2D eigenvalue weighted by molar-refractivity contribution is 5.74. The van der Waals surface area contributed by atoms with Crippen LogP contribution in [0.5, 0.6) is 0 Å². The SMILES string of the molecule is COC(=O)[C@H](Cc1ccccc1)n1cc([C@H](Cc2ccccc2)n2cc([C@H](Cc3ccccc3)NC(=O)OC(C)(C)C)nn2)nn1. The number of esters is 1. The lowest BCUT2D eigenvalue weighted by Gasteiger charge is -2.23. The molecule has 0 radical (unpaired) electrons. The molecule has 0 spiro atoms. The molecule has 5 aromatic rings. The highest BCUT2D eigenvalue weighted by atomic mass is 16.6. The lowest BCUT2D eigenvalue weighted by atomic mass is 10.0. The number of ether oxygens (including phenoxy) is 2. The fourth-order valence-corrected chi connectivity index (χ4v) is 5.16. The molecular weight excluding hydrogens is 582 g/mol. The largest absolute Gasteiger partial charge is 0.467 e. The van der Waals surface area contributed by atoms with Crippen molar-refractivity contribution < 1.29 is 19.1 Å². The number of hydrogen-bond acceptors (Lipinski definition) is 8. The molecular formula is C35H39N7O4. The van der Waals surface area contributed by atoms with Crippen LogP contribution in [0.3, 0.4) is 0 Å². The maximum absolute atomic E-state index is 12.9. The molecule has 0 aliphatic rings. The van der Waals surface area contributed by atoms with Gasteiger partial charge in [0.05, 0.1) is 25.5 Å². The Hall–Kier alpha value is -5.32. The molecule has 0 saturated heterocycles. The van der Waals surface area contributed by atoms with Gasteiger partial charge in [-0.05, 0) is 43.9 Å². The number of carbonyl (C=O) groups is 2. The van der Waals surface area contributed by atoms with Gasteiger partial charge in [-0.25, -0.2) is 19.0 Å². The molecule has 1 N–H and O–H groups in total. The summed E-state index contributed by atoms with van der Waals surface area (Å²) < 4.78 is 14.0. The van der Waals surface area contributed by atoms with E-state index in [4.69, 9.17) is 9.47 Å². The minimum absolute atomic E-state index is 0.393. The number of hydrogen-bond donors (Lipinski definition) is 1. The Bertz CT molecular complexity index is 1700. The maximum atomic E-state index is 12.9. The van der Waals surface area contributed by atoms with Gasteiger partial charge in [0.2, 0.25) is 0 Å². The van der Waals surface area contributed by atoms with Crippen molar-refractivity contribution in [3.8, 4) is 0 Å². The summed E-state index contributed by atoms with van der Waals surface area (Å²) in [6.07, 6.45) is 4.45. The van der Waals surface area contributed by atoms with Gasteiger partial charge in [-0.2, -0.15) is 0 Å². The smallest absolute Gasteiger partial charge is 0.408 e. The van der Waals surface area contributed by atoms with Crippen molar-refractivity contribution in [2.45, 2.75) is 63.8 Å². The van der Waals surface area contributed by atoms with Gasteiger partial charge in [0.1, 0.15) is 23.0 Å². The van der Waals surface area contributed by atoms with E-state index in [1.807, 2.05) is 118 Å². The molecule has 0 aliphatic heterocycles. The summed E-state index contributed by atoms with van der Waals surface area (Å²) in [6.45, 7) is 5.46. The Balaban J connectivity index is 1.47. The van der Waals surface area contributed by atoms with Crippen molar-refractivity contribution in [1.29, 1.82) is 0 Å². The van der Waals surface area contributed by atoms with Gasteiger partial charge >= 0.3 is 12.1 Å². The summed E-state index contributed by atoms with van der Waals surface area (Å²) in [4.78, 5) is 25.7. The van der Waals surface area contributed by atoms with Crippen LogP contribution in [0.25, 0.3) is 0 Å². The predicted octanol–water partition coefficient (Wildman–Crippen LogP) is 5.47. The van der Waals surface area contributed by atoms with E-state index in [1.165, 1.54) is 7.11 Å². The van der Waals surface area contributed by atoms with Gasteiger partial charge in [-0.15, -0.1) is 10.2 Å². The Labute approximate surface area is 268 Å². The van der Waals surface area contributed by atoms with Crippen LogP contribution in [-0.4, -0.2) is 54.8 Å². The molecule has 1 amide bonds. The van der Waals surface area contributed by atoms with E-state index < -0.39 is 35.8 Å². The number of benzene rings is 3. The Kier molecular flexibility index (Phi) is 10.2. The summed E-state index contributed by atoms with van der Waals surface area (Å²) in [7, 11) is 1.37.